The number of nitrogens with zero attached hydrogens (tertiary/aromatic N) is 2. The Morgan fingerprint density at radius 2 is 1.52 bits per heavy atom. The van der Waals surface area contributed by atoms with Crippen molar-refractivity contribution in [2.75, 3.05) is 25.5 Å². The second-order valence-corrected chi connectivity index (χ2v) is 9.90. The molecule has 0 aliphatic heterocycles. The van der Waals surface area contributed by atoms with E-state index in [-0.39, 0.29) is 5.54 Å². The van der Waals surface area contributed by atoms with Gasteiger partial charge in [-0.05, 0) is 113 Å². The van der Waals surface area contributed by atoms with E-state index in [1.165, 1.54) is 54.5 Å². The molecule has 2 nitrogen and oxygen atoms in total. The van der Waals surface area contributed by atoms with Crippen LogP contribution in [-0.2, 0) is 18.4 Å². The molecule has 2 aromatic rings. The van der Waals surface area contributed by atoms with Crippen LogP contribution in [0.2, 0.25) is 0 Å². The lowest BCUT2D eigenvalue weighted by Crippen LogP contribution is -2.49. The van der Waals surface area contributed by atoms with Gasteiger partial charge < -0.3 is 4.90 Å². The van der Waals surface area contributed by atoms with E-state index in [2.05, 4.69) is 94.9 Å². The summed E-state index contributed by atoms with van der Waals surface area (Å²) in [4.78, 5) is 5.23. The van der Waals surface area contributed by atoms with Crippen molar-refractivity contribution < 1.29 is 0 Å². The maximum Gasteiger partial charge on any atom is 0.0459 e. The summed E-state index contributed by atoms with van der Waals surface area (Å²) >= 11 is 0. The molecule has 1 aliphatic carbocycles. The lowest BCUT2D eigenvalue weighted by atomic mass is 9.71. The van der Waals surface area contributed by atoms with Gasteiger partial charge in [-0.25, -0.2) is 0 Å². The van der Waals surface area contributed by atoms with Gasteiger partial charge in [-0.2, -0.15) is 0 Å². The second-order valence-electron chi connectivity index (χ2n) is 9.90. The normalized spacial score (nSPS) is 21.5. The number of hydrogen-bond acceptors (Lipinski definition) is 2. The van der Waals surface area contributed by atoms with E-state index in [0.717, 1.165) is 19.4 Å². The average Bonchev–Trinajstić information content (AvgIpc) is 2.76. The van der Waals surface area contributed by atoms with E-state index in [9.17, 15) is 0 Å². The van der Waals surface area contributed by atoms with Gasteiger partial charge in [-0.3, -0.25) is 4.90 Å². The highest BCUT2D eigenvalue weighted by Gasteiger charge is 2.41. The van der Waals surface area contributed by atoms with Crippen LogP contribution in [-0.4, -0.2) is 31.6 Å². The summed E-state index contributed by atoms with van der Waals surface area (Å²) in [5, 5.41) is 0. The summed E-state index contributed by atoms with van der Waals surface area (Å²) < 4.78 is 0. The van der Waals surface area contributed by atoms with Crippen LogP contribution in [0.3, 0.4) is 0 Å². The van der Waals surface area contributed by atoms with Crippen molar-refractivity contribution in [3.63, 3.8) is 0 Å². The Kier molecular flexibility index (Phi) is 7.86. The standard InChI is InChI=1S/C29H44N2/c1-8-17-31(27-19-22(4)18-23(5)20-27)26-13-15-29(16-14-26,30(6)7)28-12-11-24(9-2)21-25(28)10-3/h11-12,18-21,26H,8-10,13-17H2,1-7H3. The number of benzene rings is 2. The average molecular weight is 421 g/mol. The van der Waals surface area contributed by atoms with Crippen molar-refractivity contribution in [1.82, 2.24) is 4.90 Å². The predicted octanol–water partition coefficient (Wildman–Crippen LogP) is 7.04. The molecule has 1 saturated carbocycles. The zero-order valence-corrected chi connectivity index (χ0v) is 21.1. The Labute approximate surface area is 191 Å². The van der Waals surface area contributed by atoms with Crippen molar-refractivity contribution in [3.05, 3.63) is 64.2 Å². The number of anilines is 1. The monoisotopic (exact) mass is 420 g/mol. The molecule has 0 heterocycles. The minimum absolute atomic E-state index is 0.161. The Morgan fingerprint density at radius 1 is 0.871 bits per heavy atom. The maximum absolute atomic E-state index is 2.71. The second kappa shape index (κ2) is 10.2. The first-order chi connectivity index (χ1) is 14.8. The molecule has 1 aliphatic rings. The smallest absolute Gasteiger partial charge is 0.0459 e. The van der Waals surface area contributed by atoms with Gasteiger partial charge in [0.2, 0.25) is 0 Å². The Hall–Kier alpha value is -1.80. The van der Waals surface area contributed by atoms with Crippen molar-refractivity contribution in [2.24, 2.45) is 0 Å². The zero-order chi connectivity index (χ0) is 22.6. The molecule has 3 rings (SSSR count). The summed E-state index contributed by atoms with van der Waals surface area (Å²) in [5.74, 6) is 0. The van der Waals surface area contributed by atoms with Crippen LogP contribution >= 0.6 is 0 Å². The quantitative estimate of drug-likeness (QED) is 0.452. The molecule has 0 saturated heterocycles. The molecule has 0 spiro atoms. The van der Waals surface area contributed by atoms with E-state index in [4.69, 9.17) is 0 Å². The van der Waals surface area contributed by atoms with Crippen molar-refractivity contribution >= 4 is 5.69 Å². The van der Waals surface area contributed by atoms with E-state index in [0.29, 0.717) is 6.04 Å². The number of rotatable bonds is 8. The van der Waals surface area contributed by atoms with Gasteiger partial charge in [0, 0.05) is 23.8 Å². The highest BCUT2D eigenvalue weighted by molar-refractivity contribution is 5.52. The van der Waals surface area contributed by atoms with Crippen molar-refractivity contribution in [3.8, 4) is 0 Å². The molecule has 0 N–H and O–H groups in total. The fourth-order valence-electron chi connectivity index (χ4n) is 5.84. The van der Waals surface area contributed by atoms with Crippen LogP contribution in [0.15, 0.2) is 36.4 Å². The molecule has 0 amide bonds. The minimum atomic E-state index is 0.161. The maximum atomic E-state index is 2.71. The molecule has 0 unspecified atom stereocenters. The topological polar surface area (TPSA) is 6.48 Å². The van der Waals surface area contributed by atoms with Crippen LogP contribution < -0.4 is 4.90 Å². The minimum Gasteiger partial charge on any atom is -0.369 e. The van der Waals surface area contributed by atoms with Crippen LogP contribution in [0.4, 0.5) is 5.69 Å². The van der Waals surface area contributed by atoms with Crippen molar-refractivity contribution in [1.29, 1.82) is 0 Å². The summed E-state index contributed by atoms with van der Waals surface area (Å²) in [6.45, 7) is 12.5. The van der Waals surface area contributed by atoms with Crippen LogP contribution in [0.5, 0.6) is 0 Å². The Bertz CT molecular complexity index is 839. The van der Waals surface area contributed by atoms with Crippen LogP contribution in [0.25, 0.3) is 0 Å². The summed E-state index contributed by atoms with van der Waals surface area (Å²) in [6.07, 6.45) is 8.40. The third kappa shape index (κ3) is 5.00. The third-order valence-corrected chi connectivity index (χ3v) is 7.54. The van der Waals surface area contributed by atoms with Gasteiger partial charge in [0.05, 0.1) is 0 Å². The summed E-state index contributed by atoms with van der Waals surface area (Å²) in [6, 6.07) is 15.0. The highest BCUT2D eigenvalue weighted by Crippen LogP contribution is 2.44. The van der Waals surface area contributed by atoms with Gasteiger partial charge in [-0.15, -0.1) is 0 Å². The molecule has 31 heavy (non-hydrogen) atoms. The molecular formula is C29H44N2. The zero-order valence-electron chi connectivity index (χ0n) is 21.1. The van der Waals surface area contributed by atoms with E-state index in [1.54, 1.807) is 11.1 Å². The predicted molar refractivity (Wildman–Crippen MR) is 136 cm³/mol. The third-order valence-electron chi connectivity index (χ3n) is 7.54. The molecule has 170 valence electrons. The highest BCUT2D eigenvalue weighted by atomic mass is 15.2. The van der Waals surface area contributed by atoms with Gasteiger partial charge in [0.25, 0.3) is 0 Å². The molecule has 0 radical (unpaired) electrons. The number of hydrogen-bond donors (Lipinski definition) is 0. The first-order valence-electron chi connectivity index (χ1n) is 12.5. The molecule has 0 aromatic heterocycles. The van der Waals surface area contributed by atoms with Crippen LogP contribution in [0.1, 0.15) is 80.7 Å². The van der Waals surface area contributed by atoms with Gasteiger partial charge in [0.1, 0.15) is 0 Å². The molecule has 0 bridgehead atoms. The Morgan fingerprint density at radius 3 is 2.03 bits per heavy atom. The van der Waals surface area contributed by atoms with E-state index >= 15 is 0 Å². The fourth-order valence-corrected chi connectivity index (χ4v) is 5.84. The molecule has 2 aromatic carbocycles. The lowest BCUT2D eigenvalue weighted by molar-refractivity contribution is 0.0893. The SMILES string of the molecule is CCCN(c1cc(C)cc(C)c1)C1CCC(c2ccc(CC)cc2CC)(N(C)C)CC1. The van der Waals surface area contributed by atoms with E-state index < -0.39 is 0 Å². The van der Waals surface area contributed by atoms with E-state index in [1.807, 2.05) is 0 Å². The molecular weight excluding hydrogens is 376 g/mol. The van der Waals surface area contributed by atoms with Gasteiger partial charge >= 0.3 is 0 Å². The lowest BCUT2D eigenvalue weighted by Gasteiger charge is -2.49. The summed E-state index contributed by atoms with van der Waals surface area (Å²) in [5.41, 5.74) is 8.91. The molecule has 0 atom stereocenters. The largest absolute Gasteiger partial charge is 0.369 e. The van der Waals surface area contributed by atoms with Gasteiger partial charge in [-0.1, -0.05) is 45.0 Å². The number of aryl methyl sites for hydroxylation is 4. The first-order valence-corrected chi connectivity index (χ1v) is 12.5. The van der Waals surface area contributed by atoms with Crippen molar-refractivity contribution in [2.45, 2.75) is 91.1 Å². The Balaban J connectivity index is 1.89. The fraction of sp³-hybridized carbons (Fsp3) is 0.586. The van der Waals surface area contributed by atoms with Crippen LogP contribution in [0, 0.1) is 13.8 Å². The molecule has 1 fully saturated rings. The molecule has 2 heteroatoms. The summed E-state index contributed by atoms with van der Waals surface area (Å²) in [7, 11) is 4.59. The first kappa shape index (κ1) is 23.9. The van der Waals surface area contributed by atoms with Gasteiger partial charge in [0.15, 0.2) is 0 Å².